The molecule has 1 N–H and O–H groups in total. The van der Waals surface area contributed by atoms with Gasteiger partial charge in [0.25, 0.3) is 0 Å². The number of aryl methyl sites for hydroxylation is 1. The first kappa shape index (κ1) is 28.2. The average molecular weight is 580 g/mol. The maximum Gasteiger partial charge on any atom is 0.246 e. The number of fused-ring (bicyclic) bond motifs is 2. The quantitative estimate of drug-likeness (QED) is 0.273. The van der Waals surface area contributed by atoms with E-state index in [-0.39, 0.29) is 11.7 Å². The van der Waals surface area contributed by atoms with Crippen LogP contribution in [0.4, 0.5) is 21.6 Å². The van der Waals surface area contributed by atoms with E-state index in [1.54, 1.807) is 27.9 Å². The Balaban J connectivity index is 1.18. The summed E-state index contributed by atoms with van der Waals surface area (Å²) < 4.78 is 17.9. The Morgan fingerprint density at radius 3 is 2.65 bits per heavy atom. The molecule has 1 fully saturated rings. The Bertz CT molecular complexity index is 1810. The number of carbonyl (C=O) groups is 1. The lowest BCUT2D eigenvalue weighted by Gasteiger charge is -2.36. The average Bonchev–Trinajstić information content (AvgIpc) is 3.47. The van der Waals surface area contributed by atoms with E-state index < -0.39 is 0 Å². The summed E-state index contributed by atoms with van der Waals surface area (Å²) in [6, 6.07) is 13.8. The lowest BCUT2D eigenvalue weighted by Crippen LogP contribution is -2.48. The number of anilines is 3. The van der Waals surface area contributed by atoms with Crippen LogP contribution >= 0.6 is 0 Å². The largest absolute Gasteiger partial charge is 0.366 e. The van der Waals surface area contributed by atoms with Gasteiger partial charge in [-0.15, -0.1) is 0 Å². The Hall–Kier alpha value is -4.90. The highest BCUT2D eigenvalue weighted by Crippen LogP contribution is 2.32. The minimum atomic E-state index is -0.372. The number of hydrogen-bond acceptors (Lipinski definition) is 8. The minimum absolute atomic E-state index is 0.0157. The van der Waals surface area contributed by atoms with Crippen molar-refractivity contribution in [2.24, 2.45) is 0 Å². The molecule has 3 aromatic heterocycles. The molecule has 220 valence electrons. The van der Waals surface area contributed by atoms with Crippen molar-refractivity contribution in [2.75, 3.05) is 57.0 Å². The van der Waals surface area contributed by atoms with E-state index in [0.29, 0.717) is 55.1 Å². The first-order valence-corrected chi connectivity index (χ1v) is 14.3. The van der Waals surface area contributed by atoms with Crippen LogP contribution in [0.3, 0.4) is 0 Å². The summed E-state index contributed by atoms with van der Waals surface area (Å²) >= 11 is 0. The van der Waals surface area contributed by atoms with Crippen molar-refractivity contribution in [1.82, 2.24) is 34.4 Å². The van der Waals surface area contributed by atoms with E-state index >= 15 is 4.39 Å². The Kier molecular flexibility index (Phi) is 7.97. The van der Waals surface area contributed by atoms with E-state index in [2.05, 4.69) is 38.4 Å². The van der Waals surface area contributed by atoms with Gasteiger partial charge in [0.2, 0.25) is 5.91 Å². The monoisotopic (exact) mass is 579 g/mol. The third-order valence-electron chi connectivity index (χ3n) is 7.73. The van der Waals surface area contributed by atoms with Gasteiger partial charge in [0.1, 0.15) is 18.5 Å². The smallest absolute Gasteiger partial charge is 0.246 e. The highest BCUT2D eigenvalue weighted by Gasteiger charge is 2.24. The molecule has 1 aliphatic heterocycles. The van der Waals surface area contributed by atoms with Gasteiger partial charge in [-0.1, -0.05) is 12.1 Å². The number of likely N-dealkylation sites (N-methyl/N-ethyl adjacent to an activating group) is 1. The van der Waals surface area contributed by atoms with E-state index in [0.717, 1.165) is 28.9 Å². The number of halogens is 1. The van der Waals surface area contributed by atoms with Crippen molar-refractivity contribution in [3.05, 3.63) is 96.0 Å². The first-order valence-electron chi connectivity index (χ1n) is 14.3. The van der Waals surface area contributed by atoms with Crippen molar-refractivity contribution in [3.63, 3.8) is 0 Å². The zero-order chi connectivity index (χ0) is 29.9. The van der Waals surface area contributed by atoms with E-state index in [1.165, 1.54) is 11.9 Å². The zero-order valence-corrected chi connectivity index (χ0v) is 24.5. The molecule has 11 heteroatoms. The SMILES string of the molecule is Cc1cc(Nc2ncnc3ccc(N4CCN(C(=O)/C=C/CN(C)C)CC4)c(F)c23)ccc1Cc1ccn2ncnc2c1. The molecular weight excluding hydrogens is 545 g/mol. The molecule has 0 radical (unpaired) electrons. The molecule has 1 aliphatic rings. The van der Waals surface area contributed by atoms with Crippen molar-refractivity contribution in [3.8, 4) is 0 Å². The molecule has 1 amide bonds. The van der Waals surface area contributed by atoms with E-state index in [1.807, 2.05) is 66.5 Å². The second kappa shape index (κ2) is 12.1. The zero-order valence-electron chi connectivity index (χ0n) is 24.5. The van der Waals surface area contributed by atoms with Crippen molar-refractivity contribution in [2.45, 2.75) is 13.3 Å². The van der Waals surface area contributed by atoms with Gasteiger partial charge in [-0.05, 0) is 80.5 Å². The summed E-state index contributed by atoms with van der Waals surface area (Å²) in [6.45, 7) is 4.90. The number of hydrogen-bond donors (Lipinski definition) is 1. The van der Waals surface area contributed by atoms with E-state index in [9.17, 15) is 4.79 Å². The number of nitrogens with one attached hydrogen (secondary N) is 1. The fourth-order valence-corrected chi connectivity index (χ4v) is 5.37. The first-order chi connectivity index (χ1) is 20.9. The van der Waals surface area contributed by atoms with Crippen LogP contribution in [0.5, 0.6) is 0 Å². The number of benzene rings is 2. The lowest BCUT2D eigenvalue weighted by molar-refractivity contribution is -0.126. The van der Waals surface area contributed by atoms with Gasteiger partial charge in [-0.2, -0.15) is 5.10 Å². The van der Waals surface area contributed by atoms with Crippen LogP contribution in [-0.4, -0.2) is 87.1 Å². The maximum atomic E-state index is 16.1. The number of rotatable bonds is 8. The van der Waals surface area contributed by atoms with Gasteiger partial charge in [-0.25, -0.2) is 23.9 Å². The molecule has 10 nitrogen and oxygen atoms in total. The van der Waals surface area contributed by atoms with Crippen LogP contribution in [-0.2, 0) is 11.2 Å². The van der Waals surface area contributed by atoms with Crippen molar-refractivity contribution >= 4 is 39.6 Å². The van der Waals surface area contributed by atoms with Gasteiger partial charge < -0.3 is 20.0 Å². The van der Waals surface area contributed by atoms with Gasteiger partial charge in [-0.3, -0.25) is 4.79 Å². The normalized spacial score (nSPS) is 14.0. The van der Waals surface area contributed by atoms with Crippen LogP contribution in [0.15, 0.2) is 73.5 Å². The molecule has 4 heterocycles. The second-order valence-corrected chi connectivity index (χ2v) is 11.0. The molecule has 0 unspecified atom stereocenters. The number of carbonyl (C=O) groups excluding carboxylic acids is 1. The Labute approximate surface area is 249 Å². The topological polar surface area (TPSA) is 94.8 Å². The molecular formula is C32H34FN9O. The predicted molar refractivity (Wildman–Crippen MR) is 166 cm³/mol. The van der Waals surface area contributed by atoms with Crippen LogP contribution in [0.25, 0.3) is 16.6 Å². The van der Waals surface area contributed by atoms with Crippen LogP contribution < -0.4 is 10.2 Å². The lowest BCUT2D eigenvalue weighted by atomic mass is 10.0. The molecule has 1 saturated heterocycles. The van der Waals surface area contributed by atoms with Gasteiger partial charge in [0.15, 0.2) is 11.5 Å². The summed E-state index contributed by atoms with van der Waals surface area (Å²) in [5.74, 6) is 0.0233. The van der Waals surface area contributed by atoms with Gasteiger partial charge in [0, 0.05) is 50.7 Å². The van der Waals surface area contributed by atoms with Crippen LogP contribution in [0.1, 0.15) is 16.7 Å². The fraction of sp³-hybridized carbons (Fsp3) is 0.281. The summed E-state index contributed by atoms with van der Waals surface area (Å²) in [6.07, 6.45) is 9.14. The Morgan fingerprint density at radius 1 is 1.02 bits per heavy atom. The summed E-state index contributed by atoms with van der Waals surface area (Å²) in [5.41, 5.74) is 6.07. The number of pyridine rings is 1. The number of nitrogens with zero attached hydrogens (tertiary/aromatic N) is 8. The Morgan fingerprint density at radius 2 is 1.86 bits per heavy atom. The second-order valence-electron chi connectivity index (χ2n) is 11.0. The van der Waals surface area contributed by atoms with Crippen LogP contribution in [0.2, 0.25) is 0 Å². The predicted octanol–water partition coefficient (Wildman–Crippen LogP) is 4.22. The fourth-order valence-electron chi connectivity index (χ4n) is 5.37. The third-order valence-corrected chi connectivity index (χ3v) is 7.73. The number of aromatic nitrogens is 5. The molecule has 6 rings (SSSR count). The molecule has 0 saturated carbocycles. The number of amides is 1. The number of piperazine rings is 1. The molecule has 2 aromatic carbocycles. The third kappa shape index (κ3) is 6.17. The summed E-state index contributed by atoms with van der Waals surface area (Å²) in [5, 5.41) is 7.82. The molecule has 43 heavy (non-hydrogen) atoms. The summed E-state index contributed by atoms with van der Waals surface area (Å²) in [7, 11) is 3.91. The van der Waals surface area contributed by atoms with Crippen molar-refractivity contribution in [1.29, 1.82) is 0 Å². The minimum Gasteiger partial charge on any atom is -0.366 e. The standard InChI is InChI=1S/C32H34FN9O/c1-22-17-25(7-6-24(22)18-23-10-12-42-28(19-23)35-21-37-42)38-32-30-26(34-20-36-32)8-9-27(31(30)33)40-13-15-41(16-14-40)29(43)5-4-11-39(2)3/h4-10,12,17,19-21H,11,13-16,18H2,1-3H3,(H,34,36,38)/b5-4+. The molecule has 0 atom stereocenters. The van der Waals surface area contributed by atoms with E-state index in [4.69, 9.17) is 0 Å². The molecule has 0 aliphatic carbocycles. The van der Waals surface area contributed by atoms with Gasteiger partial charge in [0.05, 0.1) is 16.6 Å². The molecule has 0 spiro atoms. The molecule has 5 aromatic rings. The van der Waals surface area contributed by atoms with Gasteiger partial charge >= 0.3 is 0 Å². The summed E-state index contributed by atoms with van der Waals surface area (Å²) in [4.78, 5) is 31.3. The highest BCUT2D eigenvalue weighted by molar-refractivity contribution is 5.94. The molecule has 0 bridgehead atoms. The maximum absolute atomic E-state index is 16.1. The van der Waals surface area contributed by atoms with Crippen molar-refractivity contribution < 1.29 is 9.18 Å². The van der Waals surface area contributed by atoms with Crippen LogP contribution in [0, 0.1) is 12.7 Å². The highest BCUT2D eigenvalue weighted by atomic mass is 19.1.